The predicted octanol–water partition coefficient (Wildman–Crippen LogP) is 1.24. The molecule has 18 heavy (non-hydrogen) atoms. The summed E-state index contributed by atoms with van der Waals surface area (Å²) in [4.78, 5) is 26.1. The lowest BCUT2D eigenvalue weighted by molar-refractivity contribution is -0.138. The Kier molecular flexibility index (Phi) is 5.84. The Morgan fingerprint density at radius 1 is 1.50 bits per heavy atom. The maximum absolute atomic E-state index is 11.6. The average Bonchev–Trinajstić information content (AvgIpc) is 2.35. The van der Waals surface area contributed by atoms with Crippen molar-refractivity contribution >= 4 is 11.9 Å². The Morgan fingerprint density at radius 3 is 2.83 bits per heavy atom. The van der Waals surface area contributed by atoms with E-state index in [1.54, 1.807) is 18.5 Å². The number of aliphatic carboxylic acids is 1. The monoisotopic (exact) mass is 250 g/mol. The van der Waals surface area contributed by atoms with E-state index < -0.39 is 5.97 Å². The van der Waals surface area contributed by atoms with E-state index >= 15 is 0 Å². The van der Waals surface area contributed by atoms with Crippen molar-refractivity contribution in [2.45, 2.75) is 26.2 Å². The highest BCUT2D eigenvalue weighted by atomic mass is 16.4. The van der Waals surface area contributed by atoms with E-state index in [1.165, 1.54) is 0 Å². The lowest BCUT2D eigenvalue weighted by Crippen LogP contribution is -2.31. The first kappa shape index (κ1) is 14.2. The summed E-state index contributed by atoms with van der Waals surface area (Å²) in [7, 11) is 0. The molecule has 0 radical (unpaired) electrons. The molecule has 5 heteroatoms. The highest BCUT2D eigenvalue weighted by Gasteiger charge is 2.12. The molecule has 1 heterocycles. The minimum Gasteiger partial charge on any atom is -0.481 e. The van der Waals surface area contributed by atoms with Gasteiger partial charge >= 0.3 is 5.97 Å². The summed E-state index contributed by atoms with van der Waals surface area (Å²) in [5, 5.41) is 11.5. The normalized spacial score (nSPS) is 11.8. The molecule has 1 unspecified atom stereocenters. The second-order valence-corrected chi connectivity index (χ2v) is 4.21. The molecule has 1 atom stereocenters. The number of hydrogen-bond acceptors (Lipinski definition) is 3. The number of pyridine rings is 1. The Labute approximate surface area is 106 Å². The van der Waals surface area contributed by atoms with Gasteiger partial charge in [0.2, 0.25) is 5.91 Å². The van der Waals surface area contributed by atoms with Crippen LogP contribution in [0.3, 0.4) is 0 Å². The van der Waals surface area contributed by atoms with Gasteiger partial charge < -0.3 is 10.4 Å². The van der Waals surface area contributed by atoms with Gasteiger partial charge in [0, 0.05) is 25.4 Å². The number of amides is 1. The van der Waals surface area contributed by atoms with Crippen LogP contribution in [0.2, 0.25) is 0 Å². The standard InChI is InChI=1S/C13H18N2O3/c1-2-10(7-13(17)18)9-15-12(16)6-11-4-3-5-14-8-11/h3-5,8,10H,2,6-7,9H2,1H3,(H,15,16)(H,17,18). The highest BCUT2D eigenvalue weighted by Crippen LogP contribution is 2.06. The van der Waals surface area contributed by atoms with E-state index in [9.17, 15) is 9.59 Å². The third kappa shape index (κ3) is 5.43. The Bertz CT molecular complexity index is 392. The number of nitrogens with zero attached hydrogens (tertiary/aromatic N) is 1. The van der Waals surface area contributed by atoms with E-state index in [0.29, 0.717) is 6.54 Å². The fourth-order valence-electron chi connectivity index (χ4n) is 1.62. The summed E-state index contributed by atoms with van der Waals surface area (Å²) in [5.74, 6) is -0.949. The van der Waals surface area contributed by atoms with Crippen LogP contribution in [0.4, 0.5) is 0 Å². The molecule has 0 saturated carbocycles. The van der Waals surface area contributed by atoms with Crippen LogP contribution in [0.1, 0.15) is 25.3 Å². The summed E-state index contributed by atoms with van der Waals surface area (Å²) in [6, 6.07) is 3.61. The van der Waals surface area contributed by atoms with Gasteiger partial charge in [-0.2, -0.15) is 0 Å². The van der Waals surface area contributed by atoms with Crippen LogP contribution in [0.25, 0.3) is 0 Å². The Morgan fingerprint density at radius 2 is 2.28 bits per heavy atom. The Hall–Kier alpha value is -1.91. The van der Waals surface area contributed by atoms with Crippen molar-refractivity contribution in [3.8, 4) is 0 Å². The summed E-state index contributed by atoms with van der Waals surface area (Å²) in [6.45, 7) is 2.32. The third-order valence-corrected chi connectivity index (χ3v) is 2.72. The van der Waals surface area contributed by atoms with Crippen LogP contribution in [0.5, 0.6) is 0 Å². The van der Waals surface area contributed by atoms with Crippen LogP contribution in [-0.2, 0) is 16.0 Å². The molecule has 98 valence electrons. The number of carboxylic acids is 1. The van der Waals surface area contributed by atoms with Crippen LogP contribution in [0, 0.1) is 5.92 Å². The third-order valence-electron chi connectivity index (χ3n) is 2.72. The van der Waals surface area contributed by atoms with Gasteiger partial charge in [-0.05, 0) is 17.5 Å². The molecule has 0 aromatic carbocycles. The van der Waals surface area contributed by atoms with Gasteiger partial charge in [0.1, 0.15) is 0 Å². The van der Waals surface area contributed by atoms with E-state index in [0.717, 1.165) is 12.0 Å². The van der Waals surface area contributed by atoms with Gasteiger partial charge in [0.25, 0.3) is 0 Å². The summed E-state index contributed by atoms with van der Waals surface area (Å²) >= 11 is 0. The number of nitrogens with one attached hydrogen (secondary N) is 1. The smallest absolute Gasteiger partial charge is 0.303 e. The molecule has 1 rings (SSSR count). The average molecular weight is 250 g/mol. The highest BCUT2D eigenvalue weighted by molar-refractivity contribution is 5.78. The number of carbonyl (C=O) groups excluding carboxylic acids is 1. The molecule has 0 spiro atoms. The van der Waals surface area contributed by atoms with E-state index in [2.05, 4.69) is 10.3 Å². The first-order valence-corrected chi connectivity index (χ1v) is 5.99. The van der Waals surface area contributed by atoms with Gasteiger partial charge in [-0.25, -0.2) is 0 Å². The molecular formula is C13H18N2O3. The fraction of sp³-hybridized carbons (Fsp3) is 0.462. The molecule has 1 aromatic heterocycles. The molecule has 0 aliphatic carbocycles. The lowest BCUT2D eigenvalue weighted by atomic mass is 10.0. The summed E-state index contributed by atoms with van der Waals surface area (Å²) in [6.07, 6.45) is 4.40. The molecule has 1 amide bonds. The van der Waals surface area contributed by atoms with Crippen LogP contribution < -0.4 is 5.32 Å². The van der Waals surface area contributed by atoms with E-state index in [4.69, 9.17) is 5.11 Å². The quantitative estimate of drug-likeness (QED) is 0.763. The van der Waals surface area contributed by atoms with Gasteiger partial charge in [-0.15, -0.1) is 0 Å². The molecule has 5 nitrogen and oxygen atoms in total. The van der Waals surface area contributed by atoms with Crippen molar-refractivity contribution in [1.29, 1.82) is 0 Å². The van der Waals surface area contributed by atoms with Crippen LogP contribution in [-0.4, -0.2) is 28.5 Å². The largest absolute Gasteiger partial charge is 0.481 e. The predicted molar refractivity (Wildman–Crippen MR) is 67.0 cm³/mol. The van der Waals surface area contributed by atoms with Crippen molar-refractivity contribution in [2.24, 2.45) is 5.92 Å². The van der Waals surface area contributed by atoms with Gasteiger partial charge in [0.15, 0.2) is 0 Å². The number of hydrogen-bond donors (Lipinski definition) is 2. The molecule has 1 aromatic rings. The number of rotatable bonds is 7. The van der Waals surface area contributed by atoms with E-state index in [1.807, 2.05) is 13.0 Å². The summed E-state index contributed by atoms with van der Waals surface area (Å²) < 4.78 is 0. The van der Waals surface area contributed by atoms with Crippen LogP contribution in [0.15, 0.2) is 24.5 Å². The number of aromatic nitrogens is 1. The minimum absolute atomic E-state index is 0.0136. The maximum atomic E-state index is 11.6. The first-order chi connectivity index (χ1) is 8.61. The first-order valence-electron chi connectivity index (χ1n) is 5.99. The zero-order valence-electron chi connectivity index (χ0n) is 10.4. The van der Waals surface area contributed by atoms with Crippen molar-refractivity contribution in [3.05, 3.63) is 30.1 Å². The molecule has 0 bridgehead atoms. The number of carboxylic acid groups (broad SMARTS) is 1. The number of carbonyl (C=O) groups is 2. The molecule has 0 aliphatic heterocycles. The topological polar surface area (TPSA) is 79.3 Å². The molecule has 0 fully saturated rings. The fourth-order valence-corrected chi connectivity index (χ4v) is 1.62. The van der Waals surface area contributed by atoms with Crippen molar-refractivity contribution in [3.63, 3.8) is 0 Å². The van der Waals surface area contributed by atoms with Crippen molar-refractivity contribution < 1.29 is 14.7 Å². The minimum atomic E-state index is -0.830. The van der Waals surface area contributed by atoms with Crippen molar-refractivity contribution in [1.82, 2.24) is 10.3 Å². The Balaban J connectivity index is 2.34. The van der Waals surface area contributed by atoms with Gasteiger partial charge in [-0.3, -0.25) is 14.6 Å². The molecule has 0 aliphatic rings. The maximum Gasteiger partial charge on any atom is 0.303 e. The molecule has 2 N–H and O–H groups in total. The summed E-state index contributed by atoms with van der Waals surface area (Å²) in [5.41, 5.74) is 0.848. The van der Waals surface area contributed by atoms with Crippen LogP contribution >= 0.6 is 0 Å². The van der Waals surface area contributed by atoms with E-state index in [-0.39, 0.29) is 24.7 Å². The zero-order valence-corrected chi connectivity index (χ0v) is 10.4. The SMILES string of the molecule is CCC(CNC(=O)Cc1cccnc1)CC(=O)O. The zero-order chi connectivity index (χ0) is 13.4. The molecular weight excluding hydrogens is 232 g/mol. The second-order valence-electron chi connectivity index (χ2n) is 4.21. The van der Waals surface area contributed by atoms with Gasteiger partial charge in [-0.1, -0.05) is 19.4 Å². The van der Waals surface area contributed by atoms with Crippen molar-refractivity contribution in [2.75, 3.05) is 6.54 Å². The molecule has 0 saturated heterocycles. The second kappa shape index (κ2) is 7.42. The van der Waals surface area contributed by atoms with Gasteiger partial charge in [0.05, 0.1) is 6.42 Å². The lowest BCUT2D eigenvalue weighted by Gasteiger charge is -2.13.